The highest BCUT2D eigenvalue weighted by molar-refractivity contribution is 5.85. The van der Waals surface area contributed by atoms with E-state index in [0.717, 1.165) is 51.4 Å². The van der Waals surface area contributed by atoms with Crippen LogP contribution in [0.3, 0.4) is 0 Å². The molecule has 0 bridgehead atoms. The average molecular weight is 471 g/mol. The van der Waals surface area contributed by atoms with Gasteiger partial charge in [0.25, 0.3) is 0 Å². The van der Waals surface area contributed by atoms with Crippen molar-refractivity contribution < 1.29 is 19.8 Å². The Morgan fingerprint density at radius 1 is 0.941 bits per heavy atom. The van der Waals surface area contributed by atoms with E-state index in [-0.39, 0.29) is 44.8 Å². The van der Waals surface area contributed by atoms with Crippen molar-refractivity contribution in [1.29, 1.82) is 0 Å². The van der Waals surface area contributed by atoms with Crippen LogP contribution in [0, 0.1) is 50.2 Å². The first-order valence-corrected chi connectivity index (χ1v) is 13.7. The second-order valence-corrected chi connectivity index (χ2v) is 15.0. The zero-order chi connectivity index (χ0) is 25.1. The molecule has 5 aliphatic rings. The number of fused-ring (bicyclic) bond motifs is 7. The zero-order valence-electron chi connectivity index (χ0n) is 22.5. The third-order valence-corrected chi connectivity index (χ3v) is 12.8. The number of aliphatic hydroxyl groups excluding tert-OH is 1. The molecule has 0 heterocycles. The molecule has 0 aromatic rings. The van der Waals surface area contributed by atoms with E-state index in [1.165, 1.54) is 5.57 Å². The smallest absolute Gasteiger partial charge is 0.310 e. The van der Waals surface area contributed by atoms with E-state index < -0.39 is 17.5 Å². The van der Waals surface area contributed by atoms with E-state index >= 15 is 0 Å². The highest BCUT2D eigenvalue weighted by Gasteiger charge is 2.70. The molecule has 5 aliphatic carbocycles. The van der Waals surface area contributed by atoms with Gasteiger partial charge in [-0.1, -0.05) is 60.1 Å². The topological polar surface area (TPSA) is 74.6 Å². The Labute approximate surface area is 206 Å². The lowest BCUT2D eigenvalue weighted by molar-refractivity contribution is -0.208. The van der Waals surface area contributed by atoms with Crippen molar-refractivity contribution in [3.8, 4) is 0 Å². The maximum Gasteiger partial charge on any atom is 0.310 e. The highest BCUT2D eigenvalue weighted by atomic mass is 16.4. The summed E-state index contributed by atoms with van der Waals surface area (Å²) < 4.78 is 0. The van der Waals surface area contributed by atoms with E-state index in [2.05, 4.69) is 54.5 Å². The molecule has 2 N–H and O–H groups in total. The Bertz CT molecular complexity index is 961. The molecule has 0 unspecified atom stereocenters. The van der Waals surface area contributed by atoms with Crippen LogP contribution < -0.4 is 0 Å². The fraction of sp³-hybridized carbons (Fsp3) is 0.867. The van der Waals surface area contributed by atoms with Gasteiger partial charge in [0.2, 0.25) is 0 Å². The normalized spacial score (nSPS) is 51.3. The number of carbonyl (C=O) groups excluding carboxylic acids is 1. The molecule has 4 nitrogen and oxygen atoms in total. The summed E-state index contributed by atoms with van der Waals surface area (Å²) in [6, 6.07) is 0. The van der Waals surface area contributed by atoms with E-state index in [1.807, 2.05) is 0 Å². The summed E-state index contributed by atoms with van der Waals surface area (Å²) in [5, 5.41) is 22.4. The van der Waals surface area contributed by atoms with Crippen LogP contribution in [0.2, 0.25) is 0 Å². The van der Waals surface area contributed by atoms with Crippen molar-refractivity contribution in [2.75, 3.05) is 0 Å². The molecule has 8 atom stereocenters. The molecule has 34 heavy (non-hydrogen) atoms. The lowest BCUT2D eigenvalue weighted by Gasteiger charge is -2.71. The van der Waals surface area contributed by atoms with Gasteiger partial charge in [0, 0.05) is 17.8 Å². The van der Waals surface area contributed by atoms with Gasteiger partial charge in [0.15, 0.2) is 0 Å². The monoisotopic (exact) mass is 470 g/mol. The molecule has 0 aromatic heterocycles. The van der Waals surface area contributed by atoms with Gasteiger partial charge in [-0.25, -0.2) is 0 Å². The number of aliphatic hydroxyl groups is 1. The van der Waals surface area contributed by atoms with Crippen LogP contribution in [-0.4, -0.2) is 28.1 Å². The molecule has 0 aromatic carbocycles. The van der Waals surface area contributed by atoms with Crippen LogP contribution in [0.1, 0.15) is 106 Å². The van der Waals surface area contributed by atoms with Crippen LogP contribution in [0.4, 0.5) is 0 Å². The minimum atomic E-state index is -0.690. The maximum absolute atomic E-state index is 12.9. The Hall–Kier alpha value is -1.16. The van der Waals surface area contributed by atoms with Crippen LogP contribution in [0.25, 0.3) is 0 Å². The van der Waals surface area contributed by atoms with Crippen molar-refractivity contribution in [2.24, 2.45) is 50.2 Å². The third-order valence-electron chi connectivity index (χ3n) is 12.8. The van der Waals surface area contributed by atoms with Gasteiger partial charge < -0.3 is 10.2 Å². The predicted molar refractivity (Wildman–Crippen MR) is 133 cm³/mol. The van der Waals surface area contributed by atoms with E-state index in [1.54, 1.807) is 0 Å². The van der Waals surface area contributed by atoms with Gasteiger partial charge in [-0.05, 0) is 84.9 Å². The molecular weight excluding hydrogens is 424 g/mol. The van der Waals surface area contributed by atoms with Crippen molar-refractivity contribution in [1.82, 2.24) is 0 Å². The minimum absolute atomic E-state index is 0.00479. The Balaban J connectivity index is 1.65. The van der Waals surface area contributed by atoms with Gasteiger partial charge in [-0.15, -0.1) is 0 Å². The Morgan fingerprint density at radius 2 is 1.59 bits per heavy atom. The maximum atomic E-state index is 12.9. The second kappa shape index (κ2) is 6.99. The summed E-state index contributed by atoms with van der Waals surface area (Å²) in [7, 11) is 0. The Morgan fingerprint density at radius 3 is 2.24 bits per heavy atom. The SMILES string of the molecule is CC1(C)CC[C@]2(C(=O)O)CC[C@]3(C)C(=C[C@@H](O)[C@@H]4[C@@]5(C)CCC(=O)C(C)(C)[C@@H]5CC[C@]43C)[C@@H]2C1. The summed E-state index contributed by atoms with van der Waals surface area (Å²) in [6.07, 6.45) is 9.20. The van der Waals surface area contributed by atoms with Gasteiger partial charge in [0.1, 0.15) is 5.78 Å². The van der Waals surface area contributed by atoms with E-state index in [0.29, 0.717) is 12.2 Å². The predicted octanol–water partition coefficient (Wildman–Crippen LogP) is 6.41. The summed E-state index contributed by atoms with van der Waals surface area (Å²) >= 11 is 0. The van der Waals surface area contributed by atoms with E-state index in [4.69, 9.17) is 0 Å². The largest absolute Gasteiger partial charge is 0.481 e. The van der Waals surface area contributed by atoms with Crippen LogP contribution >= 0.6 is 0 Å². The molecule has 0 radical (unpaired) electrons. The second-order valence-electron chi connectivity index (χ2n) is 15.0. The number of hydrogen-bond acceptors (Lipinski definition) is 3. The molecule has 0 saturated heterocycles. The summed E-state index contributed by atoms with van der Waals surface area (Å²) in [5.74, 6) is 0.104. The van der Waals surface area contributed by atoms with Gasteiger partial charge in [-0.2, -0.15) is 0 Å². The number of carboxylic acid groups (broad SMARTS) is 1. The van der Waals surface area contributed by atoms with Crippen LogP contribution in [-0.2, 0) is 9.59 Å². The number of allylic oxidation sites excluding steroid dienone is 1. The quantitative estimate of drug-likeness (QED) is 0.434. The standard InChI is InChI=1S/C30H46O4/c1-25(2)12-14-30(24(33)34)15-13-28(6)18(19(30)17-25)16-20(31)23-27(5)10-9-22(32)26(3,4)21(27)8-11-29(23,28)7/h16,19-21,23,31H,8-15,17H2,1-7H3,(H,33,34)/t19-,20+,21-,23+,27-,28+,29+,30-/m0/s1. The molecule has 4 saturated carbocycles. The van der Waals surface area contributed by atoms with E-state index in [9.17, 15) is 19.8 Å². The molecule has 0 spiro atoms. The first kappa shape index (κ1) is 24.5. The van der Waals surface area contributed by atoms with Crippen molar-refractivity contribution in [3.63, 3.8) is 0 Å². The van der Waals surface area contributed by atoms with Gasteiger partial charge in [-0.3, -0.25) is 9.59 Å². The van der Waals surface area contributed by atoms with Gasteiger partial charge in [0.05, 0.1) is 11.5 Å². The summed E-state index contributed by atoms with van der Waals surface area (Å²) in [5.41, 5.74) is -0.00185. The number of carbonyl (C=O) groups is 2. The first-order valence-electron chi connectivity index (χ1n) is 13.7. The van der Waals surface area contributed by atoms with Crippen molar-refractivity contribution in [3.05, 3.63) is 11.6 Å². The fourth-order valence-corrected chi connectivity index (χ4v) is 10.5. The lowest BCUT2D eigenvalue weighted by Crippen LogP contribution is -2.67. The number of Topliss-reactive ketones (excluding diaryl/α,β-unsaturated/α-hetero) is 1. The van der Waals surface area contributed by atoms with Crippen molar-refractivity contribution >= 4 is 11.8 Å². The molecule has 4 heteroatoms. The van der Waals surface area contributed by atoms with Gasteiger partial charge >= 0.3 is 5.97 Å². The summed E-state index contributed by atoms with van der Waals surface area (Å²) in [4.78, 5) is 25.7. The highest BCUT2D eigenvalue weighted by Crippen LogP contribution is 2.75. The molecular formula is C30H46O4. The fourth-order valence-electron chi connectivity index (χ4n) is 10.5. The van der Waals surface area contributed by atoms with Crippen LogP contribution in [0.5, 0.6) is 0 Å². The molecule has 5 rings (SSSR count). The average Bonchev–Trinajstić information content (AvgIpc) is 2.72. The number of rotatable bonds is 1. The number of ketones is 1. The number of aliphatic carboxylic acids is 1. The first-order chi connectivity index (χ1) is 15.6. The lowest BCUT2D eigenvalue weighted by atomic mass is 9.33. The zero-order valence-corrected chi connectivity index (χ0v) is 22.5. The number of carboxylic acids is 1. The Kier molecular flexibility index (Phi) is 5.04. The molecule has 0 aliphatic heterocycles. The number of hydrogen-bond donors (Lipinski definition) is 2. The summed E-state index contributed by atoms with van der Waals surface area (Å²) in [6.45, 7) is 16.0. The minimum Gasteiger partial charge on any atom is -0.481 e. The molecule has 4 fully saturated rings. The molecule has 190 valence electrons. The van der Waals surface area contributed by atoms with Crippen molar-refractivity contribution in [2.45, 2.75) is 112 Å². The van der Waals surface area contributed by atoms with Crippen LogP contribution in [0.15, 0.2) is 11.6 Å². The third kappa shape index (κ3) is 2.81. The molecule has 0 amide bonds.